The summed E-state index contributed by atoms with van der Waals surface area (Å²) in [4.78, 5) is 0. The summed E-state index contributed by atoms with van der Waals surface area (Å²) in [6.07, 6.45) is 4.06. The van der Waals surface area contributed by atoms with Crippen molar-refractivity contribution in [2.75, 3.05) is 0 Å². The molecule has 1 aliphatic carbocycles. The van der Waals surface area contributed by atoms with Crippen LogP contribution in [-0.4, -0.2) is 6.04 Å². The normalized spacial score (nSPS) is 15.9. The molecule has 0 spiro atoms. The fourth-order valence-corrected chi connectivity index (χ4v) is 1.92. The maximum atomic E-state index is 13.6. The van der Waals surface area contributed by atoms with Gasteiger partial charge in [-0.25, -0.2) is 4.39 Å². The molecule has 2 nitrogen and oxygen atoms in total. The van der Waals surface area contributed by atoms with E-state index in [9.17, 15) is 4.39 Å². The second kappa shape index (κ2) is 3.75. The number of halogens is 2. The number of fused-ring (bicyclic) bond motifs is 1. The van der Waals surface area contributed by atoms with Crippen molar-refractivity contribution in [1.82, 2.24) is 5.32 Å². The van der Waals surface area contributed by atoms with Crippen molar-refractivity contribution in [2.45, 2.75) is 25.4 Å². The van der Waals surface area contributed by atoms with E-state index < -0.39 is 5.82 Å². The lowest BCUT2D eigenvalue weighted by Gasteiger charge is -2.00. The Labute approximate surface area is 97.4 Å². The van der Waals surface area contributed by atoms with Crippen LogP contribution in [0.2, 0.25) is 5.02 Å². The molecule has 0 radical (unpaired) electrons. The molecule has 1 N–H and O–H groups in total. The predicted molar refractivity (Wildman–Crippen MR) is 61.0 cm³/mol. The van der Waals surface area contributed by atoms with Gasteiger partial charge in [0.15, 0.2) is 11.4 Å². The van der Waals surface area contributed by atoms with Crippen LogP contribution in [0.1, 0.15) is 18.4 Å². The average molecular weight is 240 g/mol. The maximum absolute atomic E-state index is 13.6. The molecular weight excluding hydrogens is 229 g/mol. The van der Waals surface area contributed by atoms with E-state index in [1.165, 1.54) is 12.8 Å². The Morgan fingerprint density at radius 2 is 2.25 bits per heavy atom. The Morgan fingerprint density at radius 1 is 1.44 bits per heavy atom. The van der Waals surface area contributed by atoms with Crippen LogP contribution in [0.3, 0.4) is 0 Å². The third kappa shape index (κ3) is 1.70. The molecule has 0 unspecified atom stereocenters. The van der Waals surface area contributed by atoms with Crippen LogP contribution in [0, 0.1) is 5.82 Å². The number of benzene rings is 1. The van der Waals surface area contributed by atoms with Gasteiger partial charge in [-0.2, -0.15) is 0 Å². The Hall–Kier alpha value is -1.06. The molecule has 1 aliphatic rings. The van der Waals surface area contributed by atoms with Crippen molar-refractivity contribution in [3.63, 3.8) is 0 Å². The number of hydrogen-bond acceptors (Lipinski definition) is 2. The van der Waals surface area contributed by atoms with Crippen LogP contribution >= 0.6 is 11.6 Å². The SMILES string of the molecule is Fc1c(Cl)ccc2c(CNC3CC3)coc12. The first-order chi connectivity index (χ1) is 7.75. The molecule has 1 aromatic carbocycles. The van der Waals surface area contributed by atoms with E-state index in [-0.39, 0.29) is 10.6 Å². The highest BCUT2D eigenvalue weighted by Gasteiger charge is 2.21. The summed E-state index contributed by atoms with van der Waals surface area (Å²) < 4.78 is 18.8. The Balaban J connectivity index is 1.96. The highest BCUT2D eigenvalue weighted by Crippen LogP contribution is 2.29. The van der Waals surface area contributed by atoms with Gasteiger partial charge in [-0.1, -0.05) is 11.6 Å². The molecule has 1 aromatic heterocycles. The van der Waals surface area contributed by atoms with Crippen molar-refractivity contribution in [2.24, 2.45) is 0 Å². The van der Waals surface area contributed by atoms with Gasteiger partial charge in [-0.15, -0.1) is 0 Å². The summed E-state index contributed by atoms with van der Waals surface area (Å²) >= 11 is 5.68. The second-order valence-electron chi connectivity index (χ2n) is 4.15. The van der Waals surface area contributed by atoms with Gasteiger partial charge in [-0.3, -0.25) is 0 Å². The Bertz CT molecular complexity index is 533. The number of nitrogens with one attached hydrogen (secondary N) is 1. The average Bonchev–Trinajstić information content (AvgIpc) is 3.01. The molecule has 2 aromatic rings. The molecule has 16 heavy (non-hydrogen) atoms. The quantitative estimate of drug-likeness (QED) is 0.887. The van der Waals surface area contributed by atoms with Crippen LogP contribution in [0.4, 0.5) is 4.39 Å². The summed E-state index contributed by atoms with van der Waals surface area (Å²) in [5, 5.41) is 4.27. The molecule has 4 heteroatoms. The minimum absolute atomic E-state index is 0.101. The zero-order chi connectivity index (χ0) is 11.1. The largest absolute Gasteiger partial charge is 0.461 e. The highest BCUT2D eigenvalue weighted by molar-refractivity contribution is 6.31. The standard InChI is InChI=1S/C12H11ClFNO/c13-10-4-3-9-7(5-15-8-1-2-8)6-16-12(9)11(10)14/h3-4,6,8,15H,1-2,5H2. The molecule has 0 saturated heterocycles. The van der Waals surface area contributed by atoms with Gasteiger partial charge in [0, 0.05) is 23.5 Å². The fraction of sp³-hybridized carbons (Fsp3) is 0.333. The topological polar surface area (TPSA) is 25.2 Å². The first kappa shape index (κ1) is 10.1. The monoisotopic (exact) mass is 239 g/mol. The summed E-state index contributed by atoms with van der Waals surface area (Å²) in [7, 11) is 0. The van der Waals surface area contributed by atoms with Crippen molar-refractivity contribution in [3.05, 3.63) is 34.8 Å². The minimum atomic E-state index is -0.475. The van der Waals surface area contributed by atoms with E-state index in [2.05, 4.69) is 5.32 Å². The van der Waals surface area contributed by atoms with Gasteiger partial charge in [0.1, 0.15) is 0 Å². The van der Waals surface area contributed by atoms with E-state index in [1.807, 2.05) is 0 Å². The molecule has 1 saturated carbocycles. The van der Waals surface area contributed by atoms with Gasteiger partial charge in [-0.05, 0) is 25.0 Å². The van der Waals surface area contributed by atoms with Crippen molar-refractivity contribution >= 4 is 22.6 Å². The summed E-state index contributed by atoms with van der Waals surface area (Å²) in [6, 6.07) is 3.99. The molecule has 0 atom stereocenters. The van der Waals surface area contributed by atoms with E-state index in [0.29, 0.717) is 6.04 Å². The third-order valence-electron chi connectivity index (χ3n) is 2.87. The van der Waals surface area contributed by atoms with Crippen LogP contribution in [0.25, 0.3) is 11.0 Å². The molecule has 0 amide bonds. The maximum Gasteiger partial charge on any atom is 0.184 e. The lowest BCUT2D eigenvalue weighted by Crippen LogP contribution is -2.14. The molecule has 1 heterocycles. The molecule has 0 bridgehead atoms. The summed E-state index contributed by atoms with van der Waals surface area (Å²) in [6.45, 7) is 0.721. The first-order valence-corrected chi connectivity index (χ1v) is 5.71. The van der Waals surface area contributed by atoms with E-state index in [1.54, 1.807) is 18.4 Å². The third-order valence-corrected chi connectivity index (χ3v) is 3.17. The van der Waals surface area contributed by atoms with Crippen LogP contribution in [-0.2, 0) is 6.54 Å². The Morgan fingerprint density at radius 3 is 3.00 bits per heavy atom. The van der Waals surface area contributed by atoms with E-state index in [0.717, 1.165) is 17.5 Å². The van der Waals surface area contributed by atoms with Crippen molar-refractivity contribution in [3.8, 4) is 0 Å². The fourth-order valence-electron chi connectivity index (χ4n) is 1.77. The molecule has 1 fully saturated rings. The van der Waals surface area contributed by atoms with Crippen LogP contribution in [0.5, 0.6) is 0 Å². The van der Waals surface area contributed by atoms with Crippen molar-refractivity contribution in [1.29, 1.82) is 0 Å². The second-order valence-corrected chi connectivity index (χ2v) is 4.56. The lowest BCUT2D eigenvalue weighted by molar-refractivity contribution is 0.556. The molecule has 0 aliphatic heterocycles. The van der Waals surface area contributed by atoms with Crippen LogP contribution in [0.15, 0.2) is 22.8 Å². The zero-order valence-corrected chi connectivity index (χ0v) is 9.35. The predicted octanol–water partition coefficient (Wildman–Crippen LogP) is 3.48. The van der Waals surface area contributed by atoms with E-state index >= 15 is 0 Å². The van der Waals surface area contributed by atoms with Crippen LogP contribution < -0.4 is 5.32 Å². The van der Waals surface area contributed by atoms with Gasteiger partial charge in [0.2, 0.25) is 0 Å². The number of hydrogen-bond donors (Lipinski definition) is 1. The van der Waals surface area contributed by atoms with Gasteiger partial charge in [0.25, 0.3) is 0 Å². The first-order valence-electron chi connectivity index (χ1n) is 5.33. The molecule has 3 rings (SSSR count). The van der Waals surface area contributed by atoms with Crippen molar-refractivity contribution < 1.29 is 8.81 Å². The van der Waals surface area contributed by atoms with E-state index in [4.69, 9.17) is 16.0 Å². The zero-order valence-electron chi connectivity index (χ0n) is 8.59. The smallest absolute Gasteiger partial charge is 0.184 e. The highest BCUT2D eigenvalue weighted by atomic mass is 35.5. The minimum Gasteiger partial charge on any atom is -0.461 e. The van der Waals surface area contributed by atoms with Gasteiger partial charge < -0.3 is 9.73 Å². The number of furan rings is 1. The summed E-state index contributed by atoms with van der Waals surface area (Å²) in [5.41, 5.74) is 1.23. The summed E-state index contributed by atoms with van der Waals surface area (Å²) in [5.74, 6) is -0.475. The molecular formula is C12H11ClFNO. The Kier molecular flexibility index (Phi) is 2.37. The lowest BCUT2D eigenvalue weighted by atomic mass is 10.1. The van der Waals surface area contributed by atoms with Gasteiger partial charge >= 0.3 is 0 Å². The van der Waals surface area contributed by atoms with Gasteiger partial charge in [0.05, 0.1) is 11.3 Å². The molecule has 84 valence electrons. The number of rotatable bonds is 3.